The third kappa shape index (κ3) is 5.01. The van der Waals surface area contributed by atoms with Crippen LogP contribution in [-0.2, 0) is 25.4 Å². The highest BCUT2D eigenvalue weighted by molar-refractivity contribution is 5.91. The van der Waals surface area contributed by atoms with Crippen LogP contribution in [0.4, 0.5) is 0 Å². The molecule has 6 rings (SSSR count). The third-order valence-electron chi connectivity index (χ3n) is 9.76. The van der Waals surface area contributed by atoms with E-state index in [4.69, 9.17) is 33.2 Å². The van der Waals surface area contributed by atoms with Crippen molar-refractivity contribution in [1.29, 1.82) is 0 Å². The molecule has 2 aliphatic heterocycles. The highest BCUT2D eigenvalue weighted by atomic mass is 16.6. The van der Waals surface area contributed by atoms with E-state index >= 15 is 0 Å². The van der Waals surface area contributed by atoms with Crippen molar-refractivity contribution >= 4 is 22.8 Å². The van der Waals surface area contributed by atoms with Crippen LogP contribution in [0.2, 0.25) is 0 Å². The van der Waals surface area contributed by atoms with E-state index in [2.05, 4.69) is 16.0 Å². The summed E-state index contributed by atoms with van der Waals surface area (Å²) in [5, 5.41) is 1.21. The van der Waals surface area contributed by atoms with Gasteiger partial charge in [-0.1, -0.05) is 0 Å². The lowest BCUT2D eigenvalue weighted by molar-refractivity contribution is -0.176. The van der Waals surface area contributed by atoms with E-state index in [1.807, 2.05) is 12.1 Å². The number of nitrogens with one attached hydrogen (secondary N) is 1. The number of carbonyl (C=O) groups excluding carboxylic acids is 2. The molecule has 1 unspecified atom stereocenters. The zero-order valence-corrected chi connectivity index (χ0v) is 26.0. The minimum atomic E-state index is -0.670. The number of aromatic nitrogens is 1. The molecule has 236 valence electrons. The summed E-state index contributed by atoms with van der Waals surface area (Å²) in [5.41, 5.74) is 3.83. The van der Waals surface area contributed by atoms with Crippen LogP contribution in [0.15, 0.2) is 30.3 Å². The summed E-state index contributed by atoms with van der Waals surface area (Å²) in [4.78, 5) is 33.1. The quantitative estimate of drug-likeness (QED) is 0.374. The van der Waals surface area contributed by atoms with E-state index in [1.165, 1.54) is 45.1 Å². The molecule has 3 heterocycles. The Morgan fingerprint density at radius 2 is 1.66 bits per heavy atom. The van der Waals surface area contributed by atoms with Crippen molar-refractivity contribution in [2.45, 2.75) is 37.5 Å². The van der Waals surface area contributed by atoms with Crippen molar-refractivity contribution in [3.8, 4) is 23.0 Å². The predicted molar refractivity (Wildman–Crippen MR) is 161 cm³/mol. The number of aromatic amines is 1. The Balaban J connectivity index is 1.29. The highest BCUT2D eigenvalue weighted by Crippen LogP contribution is 2.51. The molecule has 6 atom stereocenters. The van der Waals surface area contributed by atoms with Crippen LogP contribution in [-0.4, -0.2) is 89.8 Å². The highest BCUT2D eigenvalue weighted by Gasteiger charge is 2.54. The number of esters is 2. The lowest BCUT2D eigenvalue weighted by Crippen LogP contribution is -2.58. The largest absolute Gasteiger partial charge is 0.497 e. The van der Waals surface area contributed by atoms with Gasteiger partial charge in [0.05, 0.1) is 53.1 Å². The summed E-state index contributed by atoms with van der Waals surface area (Å²) in [6, 6.07) is 9.40. The van der Waals surface area contributed by atoms with E-state index in [0.717, 1.165) is 37.2 Å². The molecule has 0 radical (unpaired) electrons. The SMILES string of the molecule is COC(=O)C1[C@H]2C[C@H]3c4[nH]c5cc(OC)ccc5c4CCN3C[C@H]2C[C@@H](OC(=O)c2cc(OC)c(OC)c(OC)c2)[C@@H]1OC. The van der Waals surface area contributed by atoms with Gasteiger partial charge in [0.2, 0.25) is 5.75 Å². The molecule has 0 bridgehead atoms. The van der Waals surface area contributed by atoms with Crippen LogP contribution in [0.5, 0.6) is 23.0 Å². The second kappa shape index (κ2) is 12.2. The minimum Gasteiger partial charge on any atom is -0.497 e. The van der Waals surface area contributed by atoms with Crippen LogP contribution in [0.3, 0.4) is 0 Å². The molecule has 1 aliphatic carbocycles. The molecule has 1 saturated carbocycles. The maximum Gasteiger partial charge on any atom is 0.338 e. The zero-order chi connectivity index (χ0) is 31.1. The molecule has 0 amide bonds. The van der Waals surface area contributed by atoms with Gasteiger partial charge in [0.1, 0.15) is 18.0 Å². The fourth-order valence-electron chi connectivity index (χ4n) is 7.76. The smallest absolute Gasteiger partial charge is 0.338 e. The van der Waals surface area contributed by atoms with Crippen LogP contribution in [0, 0.1) is 17.8 Å². The van der Waals surface area contributed by atoms with E-state index in [0.29, 0.717) is 23.7 Å². The van der Waals surface area contributed by atoms with E-state index in [-0.39, 0.29) is 29.4 Å². The first-order valence-electron chi connectivity index (χ1n) is 14.9. The molecule has 11 heteroatoms. The fraction of sp³-hybridized carbons (Fsp3) is 0.515. The number of piperidine rings is 1. The Morgan fingerprint density at radius 1 is 0.909 bits per heavy atom. The second-order valence-electron chi connectivity index (χ2n) is 11.7. The number of benzene rings is 2. The van der Waals surface area contributed by atoms with Crippen molar-refractivity contribution in [2.24, 2.45) is 17.8 Å². The molecule has 1 saturated heterocycles. The first-order valence-corrected chi connectivity index (χ1v) is 14.9. The van der Waals surface area contributed by atoms with Crippen LogP contribution < -0.4 is 18.9 Å². The van der Waals surface area contributed by atoms with Crippen molar-refractivity contribution in [1.82, 2.24) is 9.88 Å². The second-order valence-corrected chi connectivity index (χ2v) is 11.7. The number of methoxy groups -OCH3 is 6. The van der Waals surface area contributed by atoms with Gasteiger partial charge in [-0.15, -0.1) is 0 Å². The van der Waals surface area contributed by atoms with Gasteiger partial charge in [0.15, 0.2) is 11.5 Å². The molecule has 2 aromatic carbocycles. The minimum absolute atomic E-state index is 0.0170. The normalized spacial score (nSPS) is 26.1. The lowest BCUT2D eigenvalue weighted by atomic mass is 9.63. The maximum absolute atomic E-state index is 13.5. The lowest BCUT2D eigenvalue weighted by Gasteiger charge is -2.52. The molecule has 3 aliphatic rings. The number of hydrogen-bond acceptors (Lipinski definition) is 10. The van der Waals surface area contributed by atoms with E-state index in [1.54, 1.807) is 26.4 Å². The van der Waals surface area contributed by atoms with E-state index < -0.39 is 24.1 Å². The number of H-pyrrole nitrogens is 1. The topological polar surface area (TPSA) is 118 Å². The number of rotatable bonds is 8. The Labute approximate surface area is 256 Å². The molecule has 2 fully saturated rings. The van der Waals surface area contributed by atoms with Gasteiger partial charge in [-0.2, -0.15) is 0 Å². The van der Waals surface area contributed by atoms with Crippen molar-refractivity contribution in [3.63, 3.8) is 0 Å². The van der Waals surface area contributed by atoms with Gasteiger partial charge >= 0.3 is 11.9 Å². The van der Waals surface area contributed by atoms with E-state index in [9.17, 15) is 9.59 Å². The van der Waals surface area contributed by atoms with Gasteiger partial charge in [0.25, 0.3) is 0 Å². The maximum atomic E-state index is 13.5. The van der Waals surface area contributed by atoms with Crippen molar-refractivity contribution in [2.75, 3.05) is 55.7 Å². The number of ether oxygens (including phenoxy) is 7. The molecule has 3 aromatic rings. The Bertz CT molecular complexity index is 1530. The Morgan fingerprint density at radius 3 is 2.30 bits per heavy atom. The van der Waals surface area contributed by atoms with Crippen LogP contribution >= 0.6 is 0 Å². The summed E-state index contributed by atoms with van der Waals surface area (Å²) >= 11 is 0. The fourth-order valence-corrected chi connectivity index (χ4v) is 7.76. The third-order valence-corrected chi connectivity index (χ3v) is 9.76. The first-order chi connectivity index (χ1) is 21.3. The Kier molecular flexibility index (Phi) is 8.34. The Hall–Kier alpha value is -3.96. The van der Waals surface area contributed by atoms with Gasteiger partial charge in [-0.3, -0.25) is 9.69 Å². The summed E-state index contributed by atoms with van der Waals surface area (Å²) in [5.74, 6) is 0.441. The van der Waals surface area contributed by atoms with Gasteiger partial charge in [0, 0.05) is 42.9 Å². The molecule has 11 nitrogen and oxygen atoms in total. The van der Waals surface area contributed by atoms with Gasteiger partial charge in [-0.05, 0) is 60.9 Å². The first kappa shape index (κ1) is 30.1. The number of carbonyl (C=O) groups is 2. The van der Waals surface area contributed by atoms with Crippen molar-refractivity contribution < 1.29 is 42.7 Å². The van der Waals surface area contributed by atoms with Crippen LogP contribution in [0.25, 0.3) is 10.9 Å². The molecular formula is C33H40N2O9. The van der Waals surface area contributed by atoms with Crippen LogP contribution in [0.1, 0.15) is 40.5 Å². The summed E-state index contributed by atoms with van der Waals surface area (Å²) in [6.07, 6.45) is 0.920. The molecule has 1 aromatic heterocycles. The van der Waals surface area contributed by atoms with Gasteiger partial charge in [-0.25, -0.2) is 4.79 Å². The average molecular weight is 609 g/mol. The summed E-state index contributed by atoms with van der Waals surface area (Å²) < 4.78 is 39.1. The molecule has 0 spiro atoms. The predicted octanol–water partition coefficient (Wildman–Crippen LogP) is 4.17. The number of nitrogens with zero attached hydrogens (tertiary/aromatic N) is 1. The van der Waals surface area contributed by atoms with Gasteiger partial charge < -0.3 is 38.1 Å². The zero-order valence-electron chi connectivity index (χ0n) is 26.0. The monoisotopic (exact) mass is 608 g/mol. The van der Waals surface area contributed by atoms with Crippen molar-refractivity contribution in [3.05, 3.63) is 47.2 Å². The molecule has 1 N–H and O–H groups in total. The summed E-state index contributed by atoms with van der Waals surface area (Å²) in [7, 11) is 9.10. The number of hydrogen-bond donors (Lipinski definition) is 1. The summed E-state index contributed by atoms with van der Waals surface area (Å²) in [6.45, 7) is 1.68. The molecule has 44 heavy (non-hydrogen) atoms. The standard InChI is InChI=1S/C33H40N2O9/c1-38-19-7-8-20-21-9-10-35-16-18-13-27(44-32(36)17-11-25(39-2)30(41-4)26(12-17)40-3)31(42-5)28(33(37)43-6)22(18)15-24(35)29(21)34-23(20)14-19/h7-8,11-12,14,18,22,24,27-28,31,34H,9-10,13,15-16H2,1-6H3/t18-,22+,24+,27-,28?,31+/m1/s1. The number of fused-ring (bicyclic) bond motifs is 6. The average Bonchev–Trinajstić information content (AvgIpc) is 3.43. The molecular weight excluding hydrogens is 568 g/mol.